The van der Waals surface area contributed by atoms with Crippen LogP contribution >= 0.6 is 0 Å². The topological polar surface area (TPSA) is 25.8 Å². The van der Waals surface area contributed by atoms with E-state index in [4.69, 9.17) is 4.98 Å². The van der Waals surface area contributed by atoms with Gasteiger partial charge in [-0.25, -0.2) is 9.97 Å². The minimum atomic E-state index is 0.787. The minimum Gasteiger partial charge on any atom is -0.233 e. The van der Waals surface area contributed by atoms with Crippen molar-refractivity contribution < 1.29 is 0 Å². The predicted octanol–water partition coefficient (Wildman–Crippen LogP) is 4.74. The standard InChI is InChI=1S/C19H18N2/c1-13-6-4-8-16(10-13)18-12-15(3)20-19(21-18)17-9-5-7-14(2)11-17/h4-12H,1-3H3. The van der Waals surface area contributed by atoms with Gasteiger partial charge in [-0.3, -0.25) is 0 Å². The third-order valence-electron chi connectivity index (χ3n) is 3.44. The van der Waals surface area contributed by atoms with Crippen LogP contribution in [0.2, 0.25) is 0 Å². The van der Waals surface area contributed by atoms with E-state index in [0.29, 0.717) is 0 Å². The van der Waals surface area contributed by atoms with Crippen LogP contribution in [0, 0.1) is 20.8 Å². The van der Waals surface area contributed by atoms with Crippen molar-refractivity contribution in [2.45, 2.75) is 20.8 Å². The maximum absolute atomic E-state index is 4.75. The van der Waals surface area contributed by atoms with Gasteiger partial charge in [-0.15, -0.1) is 0 Å². The number of hydrogen-bond acceptors (Lipinski definition) is 2. The molecule has 104 valence electrons. The van der Waals surface area contributed by atoms with Crippen LogP contribution in [-0.2, 0) is 0 Å². The van der Waals surface area contributed by atoms with Crippen molar-refractivity contribution in [3.05, 3.63) is 71.4 Å². The van der Waals surface area contributed by atoms with Gasteiger partial charge >= 0.3 is 0 Å². The molecule has 3 rings (SSSR count). The molecule has 0 N–H and O–H groups in total. The number of nitrogens with zero attached hydrogens (tertiary/aromatic N) is 2. The van der Waals surface area contributed by atoms with Gasteiger partial charge in [0.2, 0.25) is 0 Å². The third-order valence-corrected chi connectivity index (χ3v) is 3.44. The van der Waals surface area contributed by atoms with E-state index in [9.17, 15) is 0 Å². The summed E-state index contributed by atoms with van der Waals surface area (Å²) in [7, 11) is 0. The highest BCUT2D eigenvalue weighted by Crippen LogP contribution is 2.23. The zero-order valence-electron chi connectivity index (χ0n) is 12.6. The molecular formula is C19H18N2. The van der Waals surface area contributed by atoms with Crippen LogP contribution < -0.4 is 0 Å². The van der Waals surface area contributed by atoms with Crippen molar-refractivity contribution in [2.75, 3.05) is 0 Å². The Balaban J connectivity index is 2.12. The van der Waals surface area contributed by atoms with Gasteiger partial charge < -0.3 is 0 Å². The summed E-state index contributed by atoms with van der Waals surface area (Å²) in [5.41, 5.74) is 6.61. The summed E-state index contributed by atoms with van der Waals surface area (Å²) in [4.78, 5) is 9.33. The molecule has 0 atom stereocenters. The van der Waals surface area contributed by atoms with E-state index in [1.807, 2.05) is 19.1 Å². The second-order valence-corrected chi connectivity index (χ2v) is 5.46. The average Bonchev–Trinajstić information content (AvgIpc) is 2.46. The molecule has 0 radical (unpaired) electrons. The van der Waals surface area contributed by atoms with Crippen LogP contribution in [0.3, 0.4) is 0 Å². The van der Waals surface area contributed by atoms with Gasteiger partial charge in [0.05, 0.1) is 5.69 Å². The first-order valence-electron chi connectivity index (χ1n) is 7.11. The summed E-state index contributed by atoms with van der Waals surface area (Å²) in [5.74, 6) is 0.787. The Morgan fingerprint density at radius 3 is 1.95 bits per heavy atom. The van der Waals surface area contributed by atoms with Gasteiger partial charge in [0.1, 0.15) is 0 Å². The van der Waals surface area contributed by atoms with Gasteiger partial charge in [0.15, 0.2) is 5.82 Å². The first-order valence-corrected chi connectivity index (χ1v) is 7.11. The van der Waals surface area contributed by atoms with Crippen molar-refractivity contribution in [3.63, 3.8) is 0 Å². The maximum atomic E-state index is 4.75. The van der Waals surface area contributed by atoms with Crippen molar-refractivity contribution in [1.82, 2.24) is 9.97 Å². The Labute approximate surface area is 125 Å². The highest BCUT2D eigenvalue weighted by molar-refractivity contribution is 5.65. The monoisotopic (exact) mass is 274 g/mol. The molecule has 21 heavy (non-hydrogen) atoms. The molecule has 0 amide bonds. The molecule has 1 aromatic heterocycles. The average molecular weight is 274 g/mol. The van der Waals surface area contributed by atoms with E-state index in [1.165, 1.54) is 11.1 Å². The number of aromatic nitrogens is 2. The zero-order chi connectivity index (χ0) is 14.8. The van der Waals surface area contributed by atoms with E-state index in [2.05, 4.69) is 61.3 Å². The minimum absolute atomic E-state index is 0.787. The second kappa shape index (κ2) is 5.49. The Morgan fingerprint density at radius 1 is 0.667 bits per heavy atom. The smallest absolute Gasteiger partial charge is 0.160 e. The molecule has 0 saturated heterocycles. The van der Waals surface area contributed by atoms with Crippen molar-refractivity contribution >= 4 is 0 Å². The maximum Gasteiger partial charge on any atom is 0.160 e. The van der Waals surface area contributed by atoms with Crippen molar-refractivity contribution in [1.29, 1.82) is 0 Å². The van der Waals surface area contributed by atoms with Gasteiger partial charge in [0.25, 0.3) is 0 Å². The summed E-state index contributed by atoms with van der Waals surface area (Å²) in [6, 6.07) is 18.7. The van der Waals surface area contributed by atoms with Crippen LogP contribution in [0.4, 0.5) is 0 Å². The summed E-state index contributed by atoms with van der Waals surface area (Å²) in [5, 5.41) is 0. The molecule has 0 aliphatic rings. The lowest BCUT2D eigenvalue weighted by atomic mass is 10.1. The van der Waals surface area contributed by atoms with E-state index in [0.717, 1.165) is 28.3 Å². The Morgan fingerprint density at radius 2 is 1.29 bits per heavy atom. The van der Waals surface area contributed by atoms with Crippen LogP contribution in [0.1, 0.15) is 16.8 Å². The van der Waals surface area contributed by atoms with Crippen molar-refractivity contribution in [3.8, 4) is 22.6 Å². The highest BCUT2D eigenvalue weighted by atomic mass is 14.9. The Hall–Kier alpha value is -2.48. The lowest BCUT2D eigenvalue weighted by Gasteiger charge is -2.07. The summed E-state index contributed by atoms with van der Waals surface area (Å²) < 4.78 is 0. The highest BCUT2D eigenvalue weighted by Gasteiger charge is 2.07. The molecule has 1 heterocycles. The van der Waals surface area contributed by atoms with E-state index in [-0.39, 0.29) is 0 Å². The molecule has 0 bridgehead atoms. The normalized spacial score (nSPS) is 10.6. The number of benzene rings is 2. The number of hydrogen-bond donors (Lipinski definition) is 0. The first-order chi connectivity index (χ1) is 10.1. The van der Waals surface area contributed by atoms with Gasteiger partial charge in [0, 0.05) is 16.8 Å². The molecule has 0 unspecified atom stereocenters. The summed E-state index contributed by atoms with van der Waals surface area (Å²) >= 11 is 0. The van der Waals surface area contributed by atoms with Gasteiger partial charge in [-0.05, 0) is 39.0 Å². The second-order valence-electron chi connectivity index (χ2n) is 5.46. The Kier molecular flexibility index (Phi) is 3.53. The molecule has 2 aromatic carbocycles. The molecule has 0 saturated carbocycles. The lowest BCUT2D eigenvalue weighted by Crippen LogP contribution is -1.95. The Bertz CT molecular complexity index is 727. The van der Waals surface area contributed by atoms with Crippen molar-refractivity contribution in [2.24, 2.45) is 0 Å². The largest absolute Gasteiger partial charge is 0.233 e. The molecule has 2 heteroatoms. The predicted molar refractivity (Wildman–Crippen MR) is 87.1 cm³/mol. The van der Waals surface area contributed by atoms with E-state index < -0.39 is 0 Å². The lowest BCUT2D eigenvalue weighted by molar-refractivity contribution is 1.11. The number of rotatable bonds is 2. The first kappa shape index (κ1) is 13.5. The fourth-order valence-electron chi connectivity index (χ4n) is 2.43. The molecular weight excluding hydrogens is 256 g/mol. The number of aryl methyl sites for hydroxylation is 3. The summed E-state index contributed by atoms with van der Waals surface area (Å²) in [6.45, 7) is 6.19. The van der Waals surface area contributed by atoms with E-state index in [1.54, 1.807) is 0 Å². The fourth-order valence-corrected chi connectivity index (χ4v) is 2.43. The molecule has 0 spiro atoms. The van der Waals surface area contributed by atoms with Gasteiger partial charge in [-0.2, -0.15) is 0 Å². The summed E-state index contributed by atoms with van der Waals surface area (Å²) in [6.07, 6.45) is 0. The van der Waals surface area contributed by atoms with E-state index >= 15 is 0 Å². The molecule has 3 aromatic rings. The SMILES string of the molecule is Cc1cccc(-c2cc(C)nc(-c3cccc(C)c3)n2)c1. The molecule has 0 fully saturated rings. The van der Waals surface area contributed by atoms with Crippen LogP contribution in [-0.4, -0.2) is 9.97 Å². The molecule has 0 aliphatic heterocycles. The van der Waals surface area contributed by atoms with Crippen LogP contribution in [0.25, 0.3) is 22.6 Å². The molecule has 2 nitrogen and oxygen atoms in total. The fraction of sp³-hybridized carbons (Fsp3) is 0.158. The van der Waals surface area contributed by atoms with Gasteiger partial charge in [-0.1, -0.05) is 47.5 Å². The molecule has 0 aliphatic carbocycles. The van der Waals surface area contributed by atoms with Crippen LogP contribution in [0.5, 0.6) is 0 Å². The third kappa shape index (κ3) is 3.00. The zero-order valence-corrected chi connectivity index (χ0v) is 12.6. The quantitative estimate of drug-likeness (QED) is 0.674. The van der Waals surface area contributed by atoms with Crippen LogP contribution in [0.15, 0.2) is 54.6 Å².